The van der Waals surface area contributed by atoms with Crippen LogP contribution in [-0.4, -0.2) is 58.2 Å². The number of ether oxygens (including phenoxy) is 1. The lowest BCUT2D eigenvalue weighted by atomic mass is 9.97. The summed E-state index contributed by atoms with van der Waals surface area (Å²) in [5, 5.41) is 22.6. The number of hydrogen-bond acceptors (Lipinski definition) is 7. The predicted molar refractivity (Wildman–Crippen MR) is 71.4 cm³/mol. The standard InChI is InChI=1S/C11H14F2N6O3/c1-5-17-9(14)6(12)2-19(5)10-7(13)8(21)11(4-20,22-10)3-16-18-15/h2,7-8,10,20-21H,1,3-4H2,(H2,14,17)/t7-,8+,10-,11-/m1/s1. The molecule has 0 saturated carbocycles. The normalized spacial score (nSPS) is 35.0. The van der Waals surface area contributed by atoms with E-state index in [0.29, 0.717) is 0 Å². The molecular formula is C11H14F2N6O3. The van der Waals surface area contributed by atoms with Crippen LogP contribution >= 0.6 is 0 Å². The van der Waals surface area contributed by atoms with Crippen molar-refractivity contribution >= 4 is 5.84 Å². The summed E-state index contributed by atoms with van der Waals surface area (Å²) < 4.78 is 33.2. The highest BCUT2D eigenvalue weighted by molar-refractivity contribution is 5.96. The number of hydrogen-bond donors (Lipinski definition) is 3. The highest BCUT2D eigenvalue weighted by Crippen LogP contribution is 2.37. The van der Waals surface area contributed by atoms with E-state index in [2.05, 4.69) is 21.6 Å². The summed E-state index contributed by atoms with van der Waals surface area (Å²) in [6.45, 7) is 2.19. The quantitative estimate of drug-likeness (QED) is 0.381. The van der Waals surface area contributed by atoms with Crippen molar-refractivity contribution in [1.82, 2.24) is 4.90 Å². The van der Waals surface area contributed by atoms with Crippen molar-refractivity contribution in [1.29, 1.82) is 0 Å². The van der Waals surface area contributed by atoms with Gasteiger partial charge >= 0.3 is 0 Å². The highest BCUT2D eigenvalue weighted by Gasteiger charge is 2.56. The number of nitrogens with two attached hydrogens (primary N) is 1. The minimum Gasteiger partial charge on any atom is -0.393 e. The molecule has 4 N–H and O–H groups in total. The Labute approximate surface area is 123 Å². The molecular weight excluding hydrogens is 302 g/mol. The van der Waals surface area contributed by atoms with Crippen LogP contribution in [0.15, 0.2) is 34.5 Å². The molecule has 4 atom stereocenters. The van der Waals surface area contributed by atoms with E-state index in [0.717, 1.165) is 11.1 Å². The molecule has 2 aliphatic heterocycles. The first-order valence-corrected chi connectivity index (χ1v) is 6.17. The SMILES string of the molecule is C=C1N=C(N)C(F)=CN1[C@@H]1O[C@@](CO)(CN=[N+]=[N-])[C@@H](O)[C@H]1F. The molecule has 2 heterocycles. The second kappa shape index (κ2) is 5.89. The molecule has 0 spiro atoms. The number of azide groups is 1. The maximum absolute atomic E-state index is 14.3. The maximum Gasteiger partial charge on any atom is 0.181 e. The summed E-state index contributed by atoms with van der Waals surface area (Å²) >= 11 is 0. The van der Waals surface area contributed by atoms with E-state index in [1.165, 1.54) is 0 Å². The van der Waals surface area contributed by atoms with E-state index in [9.17, 15) is 19.0 Å². The molecule has 1 fully saturated rings. The lowest BCUT2D eigenvalue weighted by Crippen LogP contribution is -2.48. The minimum absolute atomic E-state index is 0.101. The Hall–Kier alpha value is -2.20. The monoisotopic (exact) mass is 316 g/mol. The lowest BCUT2D eigenvalue weighted by molar-refractivity contribution is -0.128. The van der Waals surface area contributed by atoms with Crippen molar-refractivity contribution in [3.8, 4) is 0 Å². The number of aliphatic hydroxyl groups is 2. The van der Waals surface area contributed by atoms with Crippen molar-refractivity contribution in [2.45, 2.75) is 24.1 Å². The third kappa shape index (κ3) is 2.50. The van der Waals surface area contributed by atoms with E-state index in [1.54, 1.807) is 0 Å². The van der Waals surface area contributed by atoms with Gasteiger partial charge in [0.2, 0.25) is 0 Å². The van der Waals surface area contributed by atoms with Gasteiger partial charge < -0.3 is 25.6 Å². The number of alkyl halides is 1. The van der Waals surface area contributed by atoms with Gasteiger partial charge in [-0.1, -0.05) is 11.7 Å². The van der Waals surface area contributed by atoms with Crippen LogP contribution in [0.4, 0.5) is 8.78 Å². The fraction of sp³-hybridized carbons (Fsp3) is 0.545. The maximum atomic E-state index is 14.3. The van der Waals surface area contributed by atoms with Gasteiger partial charge in [0.15, 0.2) is 24.1 Å². The molecule has 0 aromatic heterocycles. The smallest absolute Gasteiger partial charge is 0.181 e. The molecule has 0 aliphatic carbocycles. The Morgan fingerprint density at radius 1 is 1.68 bits per heavy atom. The summed E-state index contributed by atoms with van der Waals surface area (Å²) in [5.41, 5.74) is 11.8. The van der Waals surface area contributed by atoms with E-state index in [-0.39, 0.29) is 5.82 Å². The second-order valence-corrected chi connectivity index (χ2v) is 4.81. The average molecular weight is 316 g/mol. The topological polar surface area (TPSA) is 140 Å². The van der Waals surface area contributed by atoms with Crippen LogP contribution in [0.5, 0.6) is 0 Å². The molecule has 22 heavy (non-hydrogen) atoms. The number of amidine groups is 1. The van der Waals surface area contributed by atoms with Crippen molar-refractivity contribution in [3.63, 3.8) is 0 Å². The van der Waals surface area contributed by atoms with Gasteiger partial charge in [0.1, 0.15) is 17.5 Å². The molecule has 0 unspecified atom stereocenters. The van der Waals surface area contributed by atoms with Crippen LogP contribution in [-0.2, 0) is 4.74 Å². The van der Waals surface area contributed by atoms with Crippen LogP contribution < -0.4 is 5.73 Å². The Balaban J connectivity index is 2.30. The van der Waals surface area contributed by atoms with Gasteiger partial charge in [-0.25, -0.2) is 13.8 Å². The molecule has 0 aromatic carbocycles. The summed E-state index contributed by atoms with van der Waals surface area (Å²) in [7, 11) is 0. The largest absolute Gasteiger partial charge is 0.393 e. The molecule has 0 aromatic rings. The van der Waals surface area contributed by atoms with Crippen molar-refractivity contribution in [2.75, 3.05) is 13.2 Å². The fourth-order valence-electron chi connectivity index (χ4n) is 2.23. The average Bonchev–Trinajstić information content (AvgIpc) is 2.74. The summed E-state index contributed by atoms with van der Waals surface area (Å²) in [6, 6.07) is 0. The van der Waals surface area contributed by atoms with Crippen molar-refractivity contribution in [2.24, 2.45) is 15.8 Å². The number of rotatable bonds is 4. The molecule has 120 valence electrons. The first-order chi connectivity index (χ1) is 10.4. The van der Waals surface area contributed by atoms with E-state index in [4.69, 9.17) is 16.0 Å². The van der Waals surface area contributed by atoms with Crippen LogP contribution in [0.25, 0.3) is 10.4 Å². The zero-order valence-electron chi connectivity index (χ0n) is 11.3. The van der Waals surface area contributed by atoms with Crippen molar-refractivity contribution < 1.29 is 23.7 Å². The van der Waals surface area contributed by atoms with E-state index < -0.39 is 48.9 Å². The Kier molecular flexibility index (Phi) is 4.33. The number of aliphatic hydroxyl groups excluding tert-OH is 2. The number of nitrogens with zero attached hydrogens (tertiary/aromatic N) is 5. The van der Waals surface area contributed by atoms with Gasteiger partial charge in [0.05, 0.1) is 13.2 Å². The van der Waals surface area contributed by atoms with Crippen LogP contribution in [0.3, 0.4) is 0 Å². The van der Waals surface area contributed by atoms with Gasteiger partial charge in [-0.2, -0.15) is 0 Å². The second-order valence-electron chi connectivity index (χ2n) is 4.81. The van der Waals surface area contributed by atoms with Crippen LogP contribution in [0.2, 0.25) is 0 Å². The van der Waals surface area contributed by atoms with Crippen LogP contribution in [0.1, 0.15) is 0 Å². The Morgan fingerprint density at radius 2 is 2.36 bits per heavy atom. The molecule has 1 saturated heterocycles. The zero-order valence-corrected chi connectivity index (χ0v) is 11.3. The molecule has 9 nitrogen and oxygen atoms in total. The predicted octanol–water partition coefficient (Wildman–Crippen LogP) is 0.0380. The molecule has 0 amide bonds. The van der Waals surface area contributed by atoms with Crippen LogP contribution in [0, 0.1) is 0 Å². The van der Waals surface area contributed by atoms with Crippen molar-refractivity contribution in [3.05, 3.63) is 34.9 Å². The minimum atomic E-state index is -2.03. The molecule has 0 bridgehead atoms. The molecule has 2 aliphatic rings. The van der Waals surface area contributed by atoms with Gasteiger partial charge in [0.25, 0.3) is 0 Å². The summed E-state index contributed by atoms with van der Waals surface area (Å²) in [6.07, 6.45) is -4.50. The van der Waals surface area contributed by atoms with Gasteiger partial charge in [0, 0.05) is 11.1 Å². The first kappa shape index (κ1) is 16.2. The molecule has 2 rings (SSSR count). The Bertz CT molecular complexity index is 590. The Morgan fingerprint density at radius 3 is 2.95 bits per heavy atom. The molecule has 0 radical (unpaired) electrons. The summed E-state index contributed by atoms with van der Waals surface area (Å²) in [4.78, 5) is 6.99. The molecule has 11 heteroatoms. The number of halogens is 2. The third-order valence-electron chi connectivity index (χ3n) is 3.46. The third-order valence-corrected chi connectivity index (χ3v) is 3.46. The summed E-state index contributed by atoms with van der Waals surface area (Å²) in [5.74, 6) is -1.44. The zero-order chi connectivity index (χ0) is 16.5. The van der Waals surface area contributed by atoms with E-state index in [1.807, 2.05) is 0 Å². The van der Waals surface area contributed by atoms with Gasteiger partial charge in [-0.15, -0.1) is 0 Å². The van der Waals surface area contributed by atoms with Gasteiger partial charge in [-0.3, -0.25) is 0 Å². The number of aliphatic imine (C=N–C) groups is 1. The van der Waals surface area contributed by atoms with Gasteiger partial charge in [-0.05, 0) is 5.53 Å². The lowest BCUT2D eigenvalue weighted by Gasteiger charge is -2.32. The first-order valence-electron chi connectivity index (χ1n) is 6.17. The fourth-order valence-corrected chi connectivity index (χ4v) is 2.23. The van der Waals surface area contributed by atoms with E-state index >= 15 is 0 Å². The highest BCUT2D eigenvalue weighted by atomic mass is 19.1.